The van der Waals surface area contributed by atoms with Gasteiger partial charge in [-0.1, -0.05) is 42.0 Å². The molecule has 0 N–H and O–H groups in total. The summed E-state index contributed by atoms with van der Waals surface area (Å²) in [4.78, 5) is 11.8. The van der Waals surface area contributed by atoms with Crippen LogP contribution in [0.4, 0.5) is 4.39 Å². The number of halogens is 1. The average Bonchev–Trinajstić information content (AvgIpc) is 3.05. The van der Waals surface area contributed by atoms with Gasteiger partial charge in [-0.3, -0.25) is 9.18 Å². The fourth-order valence-electron chi connectivity index (χ4n) is 7.57. The molecule has 166 valence electrons. The number of hydrogen-bond acceptors (Lipinski definition) is 1. The first-order valence-corrected chi connectivity index (χ1v) is 12.2. The number of Topliss-reactive ketones (excluding diaryl/α,β-unsaturated/α-hetero) is 1. The van der Waals surface area contributed by atoms with Gasteiger partial charge in [0.05, 0.1) is 6.67 Å². The van der Waals surface area contributed by atoms with Crippen LogP contribution in [-0.2, 0) is 4.79 Å². The molecule has 0 aromatic heterocycles. The number of hydrogen-bond donors (Lipinski definition) is 0. The third kappa shape index (κ3) is 4.84. The first-order valence-electron chi connectivity index (χ1n) is 12.2. The van der Waals surface area contributed by atoms with Crippen LogP contribution in [0.25, 0.3) is 0 Å². The largest absolute Gasteiger partial charge is 0.300 e. The molecule has 0 radical (unpaired) electrons. The lowest BCUT2D eigenvalue weighted by Crippen LogP contribution is -2.48. The van der Waals surface area contributed by atoms with Gasteiger partial charge in [0.25, 0.3) is 0 Å². The van der Waals surface area contributed by atoms with E-state index in [0.29, 0.717) is 17.1 Å². The van der Waals surface area contributed by atoms with Crippen LogP contribution < -0.4 is 0 Å². The van der Waals surface area contributed by atoms with E-state index < -0.39 is 0 Å². The van der Waals surface area contributed by atoms with Gasteiger partial charge >= 0.3 is 0 Å². The van der Waals surface area contributed by atoms with Crippen molar-refractivity contribution >= 4 is 5.78 Å². The van der Waals surface area contributed by atoms with E-state index >= 15 is 0 Å². The fraction of sp³-hybridized carbons (Fsp3) is 0.962. The van der Waals surface area contributed by atoms with E-state index in [2.05, 4.69) is 6.92 Å². The summed E-state index contributed by atoms with van der Waals surface area (Å²) in [5.74, 6) is 5.57. The van der Waals surface area contributed by atoms with Gasteiger partial charge in [0.1, 0.15) is 5.78 Å². The molecule has 4 saturated carbocycles. The van der Waals surface area contributed by atoms with Crippen molar-refractivity contribution in [2.45, 2.75) is 113 Å². The summed E-state index contributed by atoms with van der Waals surface area (Å²) in [6, 6.07) is 0. The maximum atomic E-state index is 12.7. The quantitative estimate of drug-likeness (QED) is 0.469. The number of ketones is 1. The SMILES string of the molecule is C.CC.CC.C[C@]12CCC3[C@@H](CCC4CC(=O)CC[C@@H]43)C1CCC2CCCF. The summed E-state index contributed by atoms with van der Waals surface area (Å²) in [7, 11) is 0. The summed E-state index contributed by atoms with van der Waals surface area (Å²) in [5, 5.41) is 0. The zero-order valence-electron chi connectivity index (χ0n) is 18.7. The topological polar surface area (TPSA) is 17.1 Å². The molecule has 4 rings (SSSR count). The lowest BCUT2D eigenvalue weighted by atomic mass is 9.49. The minimum atomic E-state index is -0.138. The molecule has 2 heteroatoms. The molecular weight excluding hydrogens is 347 g/mol. The Morgan fingerprint density at radius 3 is 2.32 bits per heavy atom. The molecule has 4 aliphatic rings. The van der Waals surface area contributed by atoms with Gasteiger partial charge in [-0.15, -0.1) is 0 Å². The Hall–Kier alpha value is -0.400. The second kappa shape index (κ2) is 11.7. The lowest BCUT2D eigenvalue weighted by Gasteiger charge is -2.55. The van der Waals surface area contributed by atoms with Crippen LogP contribution in [0.3, 0.4) is 0 Å². The Bertz CT molecular complexity index is 461. The molecule has 0 amide bonds. The molecular formula is C26H49FO. The molecule has 0 bridgehead atoms. The highest BCUT2D eigenvalue weighted by Gasteiger charge is 2.56. The van der Waals surface area contributed by atoms with E-state index in [9.17, 15) is 9.18 Å². The smallest absolute Gasteiger partial charge is 0.133 e. The van der Waals surface area contributed by atoms with Crippen molar-refractivity contribution in [3.63, 3.8) is 0 Å². The molecule has 0 aromatic carbocycles. The van der Waals surface area contributed by atoms with Crippen molar-refractivity contribution in [1.29, 1.82) is 0 Å². The Labute approximate surface area is 175 Å². The molecule has 0 aromatic rings. The van der Waals surface area contributed by atoms with Crippen LogP contribution in [0.5, 0.6) is 0 Å². The maximum absolute atomic E-state index is 12.7. The van der Waals surface area contributed by atoms with Crippen molar-refractivity contribution < 1.29 is 9.18 Å². The van der Waals surface area contributed by atoms with Crippen LogP contribution in [0.15, 0.2) is 0 Å². The second-order valence-electron chi connectivity index (χ2n) is 9.37. The summed E-state index contributed by atoms with van der Waals surface area (Å²) in [6.07, 6.45) is 13.0. The molecule has 1 nitrogen and oxygen atoms in total. The number of rotatable bonds is 3. The van der Waals surface area contributed by atoms with Gasteiger partial charge in [-0.25, -0.2) is 0 Å². The molecule has 28 heavy (non-hydrogen) atoms. The minimum absolute atomic E-state index is 0. The van der Waals surface area contributed by atoms with E-state index in [1.165, 1.54) is 44.9 Å². The summed E-state index contributed by atoms with van der Waals surface area (Å²) >= 11 is 0. The number of alkyl halides is 1. The van der Waals surface area contributed by atoms with E-state index in [-0.39, 0.29) is 14.1 Å². The molecule has 4 fully saturated rings. The van der Waals surface area contributed by atoms with Crippen LogP contribution in [0.2, 0.25) is 0 Å². The molecule has 4 unspecified atom stereocenters. The van der Waals surface area contributed by atoms with Gasteiger partial charge in [0.2, 0.25) is 0 Å². The second-order valence-corrected chi connectivity index (χ2v) is 9.37. The summed E-state index contributed by atoms with van der Waals surface area (Å²) in [5.41, 5.74) is 0.494. The van der Waals surface area contributed by atoms with E-state index in [4.69, 9.17) is 0 Å². The number of carbonyl (C=O) groups is 1. The van der Waals surface area contributed by atoms with Crippen molar-refractivity contribution in [1.82, 2.24) is 0 Å². The molecule has 0 aliphatic heterocycles. The first kappa shape index (κ1) is 25.6. The van der Waals surface area contributed by atoms with Gasteiger partial charge in [0.15, 0.2) is 0 Å². The van der Waals surface area contributed by atoms with Crippen molar-refractivity contribution in [2.24, 2.45) is 40.9 Å². The molecule has 0 spiro atoms. The third-order valence-corrected chi connectivity index (χ3v) is 8.65. The third-order valence-electron chi connectivity index (χ3n) is 8.65. The highest BCUT2D eigenvalue weighted by Crippen LogP contribution is 2.64. The molecule has 0 saturated heterocycles. The zero-order chi connectivity index (χ0) is 20.0. The maximum Gasteiger partial charge on any atom is 0.133 e. The number of carbonyl (C=O) groups excluding carboxylic acids is 1. The molecule has 4 aliphatic carbocycles. The van der Waals surface area contributed by atoms with E-state index in [1.54, 1.807) is 0 Å². The van der Waals surface area contributed by atoms with Gasteiger partial charge in [0, 0.05) is 12.8 Å². The Kier molecular flexibility index (Phi) is 10.7. The normalized spacial score (nSPS) is 41.0. The minimum Gasteiger partial charge on any atom is -0.300 e. The first-order chi connectivity index (χ1) is 13.1. The highest BCUT2D eigenvalue weighted by molar-refractivity contribution is 5.79. The number of fused-ring (bicyclic) bond motifs is 5. The highest BCUT2D eigenvalue weighted by atomic mass is 19.1. The van der Waals surface area contributed by atoms with Crippen LogP contribution in [0, 0.1) is 40.9 Å². The standard InChI is InChI=1S/C21H33FO.2C2H6.CH4/c1-21-11-10-18-17-8-6-16(23)13-14(17)4-7-19(18)20(21)9-5-15(21)3-2-12-22;2*1-2;/h14-15,17-20H,2-13H2,1H3;2*1-2H3;1H4/t14?,15?,17-,18?,19+,20?,21+;;;/m0.../s1. The fourth-order valence-corrected chi connectivity index (χ4v) is 7.57. The monoisotopic (exact) mass is 396 g/mol. The molecule has 0 heterocycles. The Morgan fingerprint density at radius 1 is 0.929 bits per heavy atom. The lowest BCUT2D eigenvalue weighted by molar-refractivity contribution is -0.127. The van der Waals surface area contributed by atoms with Gasteiger partial charge in [-0.2, -0.15) is 0 Å². The van der Waals surface area contributed by atoms with Gasteiger partial charge < -0.3 is 0 Å². The molecule has 7 atom stereocenters. The van der Waals surface area contributed by atoms with Crippen LogP contribution in [-0.4, -0.2) is 12.5 Å². The Balaban J connectivity index is 0.000000739. The van der Waals surface area contributed by atoms with Crippen LogP contribution in [0.1, 0.15) is 113 Å². The van der Waals surface area contributed by atoms with E-state index in [0.717, 1.165) is 55.3 Å². The van der Waals surface area contributed by atoms with Crippen molar-refractivity contribution in [3.8, 4) is 0 Å². The zero-order valence-corrected chi connectivity index (χ0v) is 18.7. The van der Waals surface area contributed by atoms with E-state index in [1.807, 2.05) is 27.7 Å². The predicted octanol–water partition coefficient (Wildman–Crippen LogP) is 8.26. The summed E-state index contributed by atoms with van der Waals surface area (Å²) < 4.78 is 12.7. The Morgan fingerprint density at radius 2 is 1.64 bits per heavy atom. The van der Waals surface area contributed by atoms with Crippen molar-refractivity contribution in [2.75, 3.05) is 6.67 Å². The summed E-state index contributed by atoms with van der Waals surface area (Å²) in [6.45, 7) is 10.4. The van der Waals surface area contributed by atoms with Gasteiger partial charge in [-0.05, 0) is 98.7 Å². The average molecular weight is 397 g/mol. The van der Waals surface area contributed by atoms with Crippen molar-refractivity contribution in [3.05, 3.63) is 0 Å². The van der Waals surface area contributed by atoms with Crippen LogP contribution >= 0.6 is 0 Å². The predicted molar refractivity (Wildman–Crippen MR) is 120 cm³/mol.